The zero-order chi connectivity index (χ0) is 21.3. The van der Waals surface area contributed by atoms with Crippen LogP contribution < -0.4 is 20.3 Å². The zero-order valence-corrected chi connectivity index (χ0v) is 16.6. The van der Waals surface area contributed by atoms with Gasteiger partial charge in [-0.05, 0) is 50.2 Å². The van der Waals surface area contributed by atoms with Crippen molar-refractivity contribution in [3.63, 3.8) is 0 Å². The molecule has 3 rings (SSSR count). The number of aromatic nitrogens is 2. The Morgan fingerprint density at radius 2 is 1.90 bits per heavy atom. The van der Waals surface area contributed by atoms with E-state index in [-0.39, 0.29) is 18.7 Å². The molecule has 2 aromatic heterocycles. The van der Waals surface area contributed by atoms with E-state index in [9.17, 15) is 9.59 Å². The van der Waals surface area contributed by atoms with Gasteiger partial charge in [-0.1, -0.05) is 5.16 Å². The average molecular weight is 414 g/mol. The van der Waals surface area contributed by atoms with Crippen LogP contribution in [-0.2, 0) is 16.0 Å². The number of hydrazine groups is 1. The number of nitrogens with zero attached hydrogens (tertiary/aromatic N) is 2. The summed E-state index contributed by atoms with van der Waals surface area (Å²) in [6, 6.07) is 10.3. The molecule has 2 heterocycles. The summed E-state index contributed by atoms with van der Waals surface area (Å²) >= 11 is 0. The smallest absolute Gasteiger partial charge is 0.279 e. The Morgan fingerprint density at radius 1 is 1.13 bits per heavy atom. The van der Waals surface area contributed by atoms with Crippen molar-refractivity contribution in [3.8, 4) is 23.1 Å². The fourth-order valence-corrected chi connectivity index (χ4v) is 2.42. The number of ether oxygens (including phenoxy) is 2. The Morgan fingerprint density at radius 3 is 2.60 bits per heavy atom. The maximum atomic E-state index is 12.1. The SMILES string of the molecule is CCOc1ccc(OC(C)C(=O)NNC(=O)CCc2nc(-c3ccco3)no2)cc1. The fraction of sp³-hybridized carbons (Fsp3) is 0.300. The Hall–Kier alpha value is -3.82. The number of carbonyl (C=O) groups is 2. The lowest BCUT2D eigenvalue weighted by Gasteiger charge is -2.15. The molecule has 0 radical (unpaired) electrons. The molecule has 0 aliphatic carbocycles. The minimum atomic E-state index is -0.810. The van der Waals surface area contributed by atoms with Gasteiger partial charge in [0.1, 0.15) is 11.5 Å². The lowest BCUT2D eigenvalue weighted by atomic mass is 10.3. The molecule has 0 saturated heterocycles. The zero-order valence-electron chi connectivity index (χ0n) is 16.6. The van der Waals surface area contributed by atoms with E-state index in [2.05, 4.69) is 21.0 Å². The summed E-state index contributed by atoms with van der Waals surface area (Å²) in [5.41, 5.74) is 4.66. The summed E-state index contributed by atoms with van der Waals surface area (Å²) in [5.74, 6) is 1.40. The maximum absolute atomic E-state index is 12.1. The van der Waals surface area contributed by atoms with Gasteiger partial charge in [0, 0.05) is 12.8 Å². The Kier molecular flexibility index (Phi) is 7.04. The third kappa shape index (κ3) is 5.84. The van der Waals surface area contributed by atoms with Crippen LogP contribution >= 0.6 is 0 Å². The number of nitrogens with one attached hydrogen (secondary N) is 2. The normalized spacial score (nSPS) is 11.5. The molecule has 0 aliphatic rings. The Labute approximate surface area is 172 Å². The third-order valence-corrected chi connectivity index (χ3v) is 3.92. The van der Waals surface area contributed by atoms with Crippen molar-refractivity contribution in [3.05, 3.63) is 48.6 Å². The van der Waals surface area contributed by atoms with Gasteiger partial charge in [-0.15, -0.1) is 0 Å². The number of hydrogen-bond donors (Lipinski definition) is 2. The highest BCUT2D eigenvalue weighted by Gasteiger charge is 2.16. The standard InChI is InChI=1S/C20H22N4O6/c1-3-27-14-6-8-15(9-7-14)29-13(2)20(26)23-22-17(25)10-11-18-21-19(24-30-18)16-5-4-12-28-16/h4-9,12-13H,3,10-11H2,1-2H3,(H,22,25)(H,23,26). The second kappa shape index (κ2) is 10.1. The predicted molar refractivity (Wildman–Crippen MR) is 104 cm³/mol. The van der Waals surface area contributed by atoms with Crippen LogP contribution in [0.5, 0.6) is 11.5 Å². The molecule has 1 unspecified atom stereocenters. The molecule has 0 aliphatic heterocycles. The summed E-state index contributed by atoms with van der Waals surface area (Å²) in [6.07, 6.45) is 0.958. The van der Waals surface area contributed by atoms with E-state index in [0.29, 0.717) is 29.7 Å². The summed E-state index contributed by atoms with van der Waals surface area (Å²) in [5, 5.41) is 3.78. The van der Waals surface area contributed by atoms with E-state index in [1.807, 2.05) is 6.92 Å². The Balaban J connectivity index is 1.39. The molecule has 2 amide bonds. The molecule has 0 spiro atoms. The number of benzene rings is 1. The van der Waals surface area contributed by atoms with E-state index < -0.39 is 17.9 Å². The van der Waals surface area contributed by atoms with Crippen LogP contribution in [0.15, 0.2) is 51.6 Å². The molecule has 1 aromatic carbocycles. The summed E-state index contributed by atoms with van der Waals surface area (Å²) < 4.78 is 21.1. The van der Waals surface area contributed by atoms with Gasteiger partial charge in [0.05, 0.1) is 12.9 Å². The highest BCUT2D eigenvalue weighted by Crippen LogP contribution is 2.19. The fourth-order valence-electron chi connectivity index (χ4n) is 2.42. The quantitative estimate of drug-likeness (QED) is 0.510. The number of amides is 2. The molecule has 0 saturated carbocycles. The van der Waals surface area contributed by atoms with E-state index in [1.165, 1.54) is 6.26 Å². The highest BCUT2D eigenvalue weighted by atomic mass is 16.5. The molecule has 3 aromatic rings. The molecule has 2 N–H and O–H groups in total. The van der Waals surface area contributed by atoms with E-state index in [0.717, 1.165) is 0 Å². The molecule has 30 heavy (non-hydrogen) atoms. The van der Waals surface area contributed by atoms with Crippen molar-refractivity contribution in [2.24, 2.45) is 0 Å². The van der Waals surface area contributed by atoms with Crippen LogP contribution in [0.2, 0.25) is 0 Å². The third-order valence-electron chi connectivity index (χ3n) is 3.92. The largest absolute Gasteiger partial charge is 0.494 e. The van der Waals surface area contributed by atoms with Crippen LogP contribution in [0.4, 0.5) is 0 Å². The number of hydrogen-bond acceptors (Lipinski definition) is 8. The number of furan rings is 1. The molecule has 158 valence electrons. The summed E-state index contributed by atoms with van der Waals surface area (Å²) in [6.45, 7) is 4.04. The monoisotopic (exact) mass is 414 g/mol. The number of carbonyl (C=O) groups excluding carboxylic acids is 2. The van der Waals surface area contributed by atoms with Gasteiger partial charge in [-0.2, -0.15) is 4.98 Å². The molecule has 10 heteroatoms. The first kappa shape index (κ1) is 20.9. The number of rotatable bonds is 9. The van der Waals surface area contributed by atoms with Crippen LogP contribution in [0, 0.1) is 0 Å². The van der Waals surface area contributed by atoms with Crippen molar-refractivity contribution in [2.75, 3.05) is 6.61 Å². The lowest BCUT2D eigenvalue weighted by Crippen LogP contribution is -2.47. The van der Waals surface area contributed by atoms with Crippen LogP contribution in [0.1, 0.15) is 26.2 Å². The van der Waals surface area contributed by atoms with E-state index in [1.54, 1.807) is 43.3 Å². The van der Waals surface area contributed by atoms with E-state index >= 15 is 0 Å². The van der Waals surface area contributed by atoms with Crippen molar-refractivity contribution in [2.45, 2.75) is 32.8 Å². The summed E-state index contributed by atoms with van der Waals surface area (Å²) in [7, 11) is 0. The topological polar surface area (TPSA) is 129 Å². The minimum Gasteiger partial charge on any atom is -0.494 e. The van der Waals surface area contributed by atoms with Gasteiger partial charge in [0.25, 0.3) is 5.91 Å². The minimum absolute atomic E-state index is 0.0498. The predicted octanol–water partition coefficient (Wildman–Crippen LogP) is 2.28. The van der Waals surface area contributed by atoms with E-state index in [4.69, 9.17) is 18.4 Å². The molecule has 0 bridgehead atoms. The van der Waals surface area contributed by atoms with Crippen LogP contribution in [-0.4, -0.2) is 34.7 Å². The van der Waals surface area contributed by atoms with Crippen LogP contribution in [0.25, 0.3) is 11.6 Å². The van der Waals surface area contributed by atoms with Gasteiger partial charge >= 0.3 is 0 Å². The van der Waals surface area contributed by atoms with Gasteiger partial charge in [-0.25, -0.2) is 0 Å². The van der Waals surface area contributed by atoms with Crippen molar-refractivity contribution in [1.29, 1.82) is 0 Å². The molecule has 10 nitrogen and oxygen atoms in total. The molecular formula is C20H22N4O6. The van der Waals surface area contributed by atoms with Crippen molar-refractivity contribution >= 4 is 11.8 Å². The average Bonchev–Trinajstić information content (AvgIpc) is 3.44. The second-order valence-electron chi connectivity index (χ2n) is 6.19. The second-order valence-corrected chi connectivity index (χ2v) is 6.19. The van der Waals surface area contributed by atoms with Gasteiger partial charge < -0.3 is 18.4 Å². The first-order valence-electron chi connectivity index (χ1n) is 9.40. The number of aryl methyl sites for hydroxylation is 1. The van der Waals surface area contributed by atoms with Gasteiger partial charge in [0.15, 0.2) is 11.9 Å². The molecule has 1 atom stereocenters. The summed E-state index contributed by atoms with van der Waals surface area (Å²) in [4.78, 5) is 28.2. The maximum Gasteiger partial charge on any atom is 0.279 e. The van der Waals surface area contributed by atoms with Crippen molar-refractivity contribution < 1.29 is 28.0 Å². The van der Waals surface area contributed by atoms with Gasteiger partial charge in [0.2, 0.25) is 17.6 Å². The van der Waals surface area contributed by atoms with Crippen molar-refractivity contribution in [1.82, 2.24) is 21.0 Å². The van der Waals surface area contributed by atoms with Gasteiger partial charge in [-0.3, -0.25) is 20.4 Å². The first-order valence-corrected chi connectivity index (χ1v) is 9.40. The van der Waals surface area contributed by atoms with Crippen LogP contribution in [0.3, 0.4) is 0 Å². The first-order chi connectivity index (χ1) is 14.5. The lowest BCUT2D eigenvalue weighted by molar-refractivity contribution is -0.132. The molecular weight excluding hydrogens is 392 g/mol. The molecule has 0 fully saturated rings. The Bertz CT molecular complexity index is 952. The highest BCUT2D eigenvalue weighted by molar-refractivity contribution is 5.84.